The Hall–Kier alpha value is -4.09. The fourth-order valence-electron chi connectivity index (χ4n) is 3.08. The number of nitrogens with zero attached hydrogens (tertiary/aromatic N) is 5. The number of hydrogen-bond donors (Lipinski definition) is 1. The van der Waals surface area contributed by atoms with Crippen LogP contribution in [0, 0.1) is 24.1 Å². The van der Waals surface area contributed by atoms with Crippen molar-refractivity contribution in [3.63, 3.8) is 0 Å². The summed E-state index contributed by atoms with van der Waals surface area (Å²) in [4.78, 5) is 25.8. The highest BCUT2D eigenvalue weighted by molar-refractivity contribution is 6.31. The zero-order chi connectivity index (χ0) is 22.1. The zero-order valence-electron chi connectivity index (χ0n) is 16.0. The van der Waals surface area contributed by atoms with Gasteiger partial charge in [-0.2, -0.15) is 5.26 Å². The first kappa shape index (κ1) is 20.2. The maximum atomic E-state index is 13.8. The van der Waals surface area contributed by atoms with Crippen LogP contribution in [-0.4, -0.2) is 24.6 Å². The van der Waals surface area contributed by atoms with E-state index in [1.807, 2.05) is 6.07 Å². The van der Waals surface area contributed by atoms with Crippen LogP contribution >= 0.6 is 11.6 Å². The summed E-state index contributed by atoms with van der Waals surface area (Å²) in [6.07, 6.45) is 2.66. The van der Waals surface area contributed by atoms with Crippen molar-refractivity contribution in [2.75, 3.05) is 0 Å². The van der Waals surface area contributed by atoms with Crippen LogP contribution in [-0.2, 0) is 0 Å². The lowest BCUT2D eigenvalue weighted by molar-refractivity contribution is 0.511. The number of pyridine rings is 2. The Balaban J connectivity index is 2.05. The Bertz CT molecular complexity index is 1470. The van der Waals surface area contributed by atoms with E-state index in [1.165, 1.54) is 30.5 Å². The summed E-state index contributed by atoms with van der Waals surface area (Å²) in [6.45, 7) is 1.71. The normalized spacial score (nSPS) is 11.5. The molecule has 0 saturated heterocycles. The molecule has 0 saturated carbocycles. The molecule has 0 spiro atoms. The van der Waals surface area contributed by atoms with E-state index < -0.39 is 11.4 Å². The van der Waals surface area contributed by atoms with Gasteiger partial charge in [-0.1, -0.05) is 11.6 Å². The molecule has 0 aliphatic heterocycles. The summed E-state index contributed by atoms with van der Waals surface area (Å²) in [6, 6.07) is 11.9. The van der Waals surface area contributed by atoms with E-state index in [9.17, 15) is 19.6 Å². The second-order valence-corrected chi connectivity index (χ2v) is 6.93. The van der Waals surface area contributed by atoms with E-state index in [2.05, 4.69) is 15.0 Å². The van der Waals surface area contributed by atoms with Gasteiger partial charge in [-0.25, -0.2) is 19.3 Å². The van der Waals surface area contributed by atoms with E-state index in [1.54, 1.807) is 25.1 Å². The maximum absolute atomic E-state index is 13.8. The highest BCUT2D eigenvalue weighted by Gasteiger charge is 2.17. The van der Waals surface area contributed by atoms with Crippen LogP contribution in [0.2, 0.25) is 5.15 Å². The van der Waals surface area contributed by atoms with Crippen molar-refractivity contribution in [2.45, 2.75) is 6.92 Å². The molecule has 0 aliphatic carbocycles. The Morgan fingerprint density at radius 1 is 1.26 bits per heavy atom. The third-order valence-electron chi connectivity index (χ3n) is 4.50. The van der Waals surface area contributed by atoms with Gasteiger partial charge in [0.2, 0.25) is 0 Å². The molecule has 31 heavy (non-hydrogen) atoms. The van der Waals surface area contributed by atoms with Crippen LogP contribution in [0.4, 0.5) is 4.39 Å². The molecule has 1 N–H and O–H groups in total. The number of aliphatic hydroxyl groups excluding tert-OH is 1. The predicted octanol–water partition coefficient (Wildman–Crippen LogP) is 4.20. The van der Waals surface area contributed by atoms with Gasteiger partial charge in [-0.15, -0.1) is 0 Å². The number of nitriles is 1. The molecular formula is C22H13ClFN5O2. The van der Waals surface area contributed by atoms with E-state index >= 15 is 0 Å². The second kappa shape index (κ2) is 7.97. The van der Waals surface area contributed by atoms with Gasteiger partial charge >= 0.3 is 0 Å². The van der Waals surface area contributed by atoms with Crippen LogP contribution in [0.25, 0.3) is 28.4 Å². The van der Waals surface area contributed by atoms with Gasteiger partial charge in [-0.3, -0.25) is 9.36 Å². The molecule has 0 unspecified atom stereocenters. The third kappa shape index (κ3) is 3.74. The quantitative estimate of drug-likeness (QED) is 0.383. The first-order valence-electron chi connectivity index (χ1n) is 9.01. The minimum Gasteiger partial charge on any atom is -0.505 e. The number of rotatable bonds is 3. The molecule has 152 valence electrons. The maximum Gasteiger partial charge on any atom is 0.266 e. The largest absolute Gasteiger partial charge is 0.505 e. The predicted molar refractivity (Wildman–Crippen MR) is 114 cm³/mol. The van der Waals surface area contributed by atoms with Crippen molar-refractivity contribution in [2.24, 2.45) is 0 Å². The van der Waals surface area contributed by atoms with Crippen LogP contribution in [0.3, 0.4) is 0 Å². The number of hydrogen-bond acceptors (Lipinski definition) is 6. The molecule has 3 heterocycles. The fraction of sp³-hybridized carbons (Fsp3) is 0.0455. The molecule has 0 amide bonds. The minimum absolute atomic E-state index is 0.00343. The van der Waals surface area contributed by atoms with Crippen LogP contribution < -0.4 is 5.56 Å². The van der Waals surface area contributed by atoms with Gasteiger partial charge in [0.1, 0.15) is 29.2 Å². The van der Waals surface area contributed by atoms with Crippen molar-refractivity contribution in [1.82, 2.24) is 19.5 Å². The lowest BCUT2D eigenvalue weighted by atomic mass is 10.1. The van der Waals surface area contributed by atoms with Gasteiger partial charge in [0.15, 0.2) is 5.15 Å². The number of aromatic nitrogens is 4. The molecule has 3 aromatic heterocycles. The van der Waals surface area contributed by atoms with E-state index in [0.29, 0.717) is 5.69 Å². The topological polar surface area (TPSA) is 105 Å². The standard InChI is InChI=1S/C22H13ClFN5O2/c1-12-4-5-13(11-25)20(27-12)18(30)10-19-28-16-7-6-14(24)9-15(16)22(31)29(19)17-3-2-8-26-21(17)23/h2-10,30H,1H3. The van der Waals surface area contributed by atoms with Crippen LogP contribution in [0.15, 0.2) is 53.5 Å². The molecule has 9 heteroatoms. The average molecular weight is 434 g/mol. The van der Waals surface area contributed by atoms with Crippen LogP contribution in [0.1, 0.15) is 22.8 Å². The summed E-state index contributed by atoms with van der Waals surface area (Å²) in [5, 5.41) is 20.1. The first-order valence-corrected chi connectivity index (χ1v) is 9.39. The van der Waals surface area contributed by atoms with Crippen molar-refractivity contribution < 1.29 is 9.50 Å². The number of benzene rings is 1. The molecular weight excluding hydrogens is 421 g/mol. The number of fused-ring (bicyclic) bond motifs is 1. The molecule has 1 aromatic carbocycles. The second-order valence-electron chi connectivity index (χ2n) is 6.58. The van der Waals surface area contributed by atoms with Crippen molar-refractivity contribution >= 4 is 34.3 Å². The van der Waals surface area contributed by atoms with Crippen molar-refractivity contribution in [3.05, 3.63) is 92.8 Å². The Morgan fingerprint density at radius 2 is 2.06 bits per heavy atom. The molecule has 4 rings (SSSR count). The van der Waals surface area contributed by atoms with Gasteiger partial charge in [-0.05, 0) is 49.4 Å². The van der Waals surface area contributed by atoms with E-state index in [4.69, 9.17) is 11.6 Å². The third-order valence-corrected chi connectivity index (χ3v) is 4.79. The average Bonchev–Trinajstić information content (AvgIpc) is 2.75. The van der Waals surface area contributed by atoms with E-state index in [0.717, 1.165) is 10.6 Å². The monoisotopic (exact) mass is 433 g/mol. The summed E-state index contributed by atoms with van der Waals surface area (Å²) >= 11 is 6.20. The molecule has 0 bridgehead atoms. The summed E-state index contributed by atoms with van der Waals surface area (Å²) in [7, 11) is 0. The molecule has 0 aliphatic rings. The van der Waals surface area contributed by atoms with Gasteiger partial charge in [0, 0.05) is 18.0 Å². The van der Waals surface area contributed by atoms with Gasteiger partial charge in [0.05, 0.1) is 22.2 Å². The molecule has 0 atom stereocenters. The summed E-state index contributed by atoms with van der Waals surface area (Å²) in [5.41, 5.74) is 0.596. The highest BCUT2D eigenvalue weighted by Crippen LogP contribution is 2.23. The first-order chi connectivity index (χ1) is 14.9. The van der Waals surface area contributed by atoms with E-state index in [-0.39, 0.29) is 44.6 Å². The van der Waals surface area contributed by atoms with Gasteiger partial charge in [0.25, 0.3) is 5.56 Å². The smallest absolute Gasteiger partial charge is 0.266 e. The van der Waals surface area contributed by atoms with Crippen molar-refractivity contribution in [3.8, 4) is 11.8 Å². The molecule has 0 fully saturated rings. The minimum atomic E-state index is -0.601. The highest BCUT2D eigenvalue weighted by atomic mass is 35.5. The fourth-order valence-corrected chi connectivity index (χ4v) is 3.29. The number of halogens is 2. The molecule has 0 radical (unpaired) electrons. The molecule has 7 nitrogen and oxygen atoms in total. The van der Waals surface area contributed by atoms with Crippen molar-refractivity contribution in [1.29, 1.82) is 5.26 Å². The Morgan fingerprint density at radius 3 is 2.81 bits per heavy atom. The summed E-state index contributed by atoms with van der Waals surface area (Å²) < 4.78 is 14.9. The van der Waals surface area contributed by atoms with Gasteiger partial charge < -0.3 is 5.11 Å². The number of aliphatic hydroxyl groups is 1. The SMILES string of the molecule is Cc1ccc(C#N)c(C(O)=Cc2nc3ccc(F)cc3c(=O)n2-c2cccnc2Cl)n1. The Labute approximate surface area is 180 Å². The molecule has 4 aromatic rings. The summed E-state index contributed by atoms with van der Waals surface area (Å²) in [5.74, 6) is -0.963. The lowest BCUT2D eigenvalue weighted by Gasteiger charge is -2.13. The Kier molecular flexibility index (Phi) is 5.19. The number of aryl methyl sites for hydroxylation is 1. The lowest BCUT2D eigenvalue weighted by Crippen LogP contribution is -2.23. The zero-order valence-corrected chi connectivity index (χ0v) is 16.8. The van der Waals surface area contributed by atoms with Crippen LogP contribution in [0.5, 0.6) is 0 Å².